The van der Waals surface area contributed by atoms with E-state index in [9.17, 15) is 9.59 Å². The first-order valence-electron chi connectivity index (χ1n) is 7.07. The number of methoxy groups -OCH3 is 1. The molecule has 21 heavy (non-hydrogen) atoms. The molecule has 0 aliphatic rings. The Hall–Kier alpha value is -1.88. The van der Waals surface area contributed by atoms with Crippen LogP contribution in [0.25, 0.3) is 0 Å². The molecule has 1 rings (SSSR count). The quantitative estimate of drug-likeness (QED) is 0.780. The second-order valence-electron chi connectivity index (χ2n) is 5.04. The first-order valence-corrected chi connectivity index (χ1v) is 7.07. The van der Waals surface area contributed by atoms with Crippen LogP contribution in [-0.2, 0) is 14.3 Å². The standard InChI is InChI=1S/C16H24N2O3/c1-12-7-5-8-13(2)16(12)18(14(3)19)11-15(20)17-9-6-10-21-4/h5,7-8H,6,9-11H2,1-4H3,(H,17,20). The Kier molecular flexibility index (Phi) is 6.88. The number of anilines is 1. The van der Waals surface area contributed by atoms with Crippen LogP contribution in [0.1, 0.15) is 24.5 Å². The van der Waals surface area contributed by atoms with Crippen LogP contribution in [0.3, 0.4) is 0 Å². The molecule has 0 unspecified atom stereocenters. The van der Waals surface area contributed by atoms with E-state index in [-0.39, 0.29) is 18.4 Å². The molecule has 0 atom stereocenters. The smallest absolute Gasteiger partial charge is 0.240 e. The van der Waals surface area contributed by atoms with Gasteiger partial charge in [0, 0.05) is 27.2 Å². The third-order valence-corrected chi connectivity index (χ3v) is 3.24. The second kappa shape index (κ2) is 8.42. The number of para-hydroxylation sites is 1. The normalized spacial score (nSPS) is 10.3. The second-order valence-corrected chi connectivity index (χ2v) is 5.04. The lowest BCUT2D eigenvalue weighted by molar-refractivity contribution is -0.123. The molecule has 116 valence electrons. The summed E-state index contributed by atoms with van der Waals surface area (Å²) in [7, 11) is 1.63. The molecule has 0 aliphatic carbocycles. The van der Waals surface area contributed by atoms with Crippen LogP contribution in [0, 0.1) is 13.8 Å². The first-order chi connectivity index (χ1) is 9.97. The average molecular weight is 292 g/mol. The maximum Gasteiger partial charge on any atom is 0.240 e. The molecule has 0 bridgehead atoms. The molecule has 0 saturated carbocycles. The predicted octanol–water partition coefficient (Wildman–Crippen LogP) is 1.81. The third kappa shape index (κ3) is 5.19. The fraction of sp³-hybridized carbons (Fsp3) is 0.500. The van der Waals surface area contributed by atoms with E-state index < -0.39 is 0 Å². The summed E-state index contributed by atoms with van der Waals surface area (Å²) in [5.41, 5.74) is 2.78. The van der Waals surface area contributed by atoms with Gasteiger partial charge >= 0.3 is 0 Å². The highest BCUT2D eigenvalue weighted by atomic mass is 16.5. The van der Waals surface area contributed by atoms with Gasteiger partial charge in [0.25, 0.3) is 0 Å². The number of hydrogen-bond acceptors (Lipinski definition) is 3. The van der Waals surface area contributed by atoms with Crippen molar-refractivity contribution in [1.29, 1.82) is 0 Å². The molecule has 0 spiro atoms. The molecule has 0 aromatic heterocycles. The number of benzene rings is 1. The van der Waals surface area contributed by atoms with Crippen molar-refractivity contribution in [1.82, 2.24) is 5.32 Å². The van der Waals surface area contributed by atoms with E-state index in [0.717, 1.165) is 23.2 Å². The predicted molar refractivity (Wildman–Crippen MR) is 83.4 cm³/mol. The molecule has 1 aromatic rings. The Morgan fingerprint density at radius 3 is 2.38 bits per heavy atom. The summed E-state index contributed by atoms with van der Waals surface area (Å²) >= 11 is 0. The lowest BCUT2D eigenvalue weighted by atomic mass is 10.1. The largest absolute Gasteiger partial charge is 0.385 e. The number of ether oxygens (including phenoxy) is 1. The van der Waals surface area contributed by atoms with Crippen LogP contribution < -0.4 is 10.2 Å². The van der Waals surface area contributed by atoms with Crippen molar-refractivity contribution in [3.05, 3.63) is 29.3 Å². The SMILES string of the molecule is COCCCNC(=O)CN(C(C)=O)c1c(C)cccc1C. The number of nitrogens with zero attached hydrogens (tertiary/aromatic N) is 1. The van der Waals surface area contributed by atoms with Crippen molar-refractivity contribution in [3.8, 4) is 0 Å². The Balaban J connectivity index is 2.75. The first kappa shape index (κ1) is 17.2. The summed E-state index contributed by atoms with van der Waals surface area (Å²) in [5, 5.41) is 2.80. The monoisotopic (exact) mass is 292 g/mol. The number of amides is 2. The van der Waals surface area contributed by atoms with Crippen LogP contribution in [0.15, 0.2) is 18.2 Å². The zero-order valence-corrected chi connectivity index (χ0v) is 13.2. The topological polar surface area (TPSA) is 58.6 Å². The third-order valence-electron chi connectivity index (χ3n) is 3.24. The lowest BCUT2D eigenvalue weighted by Gasteiger charge is -2.24. The minimum atomic E-state index is -0.163. The van der Waals surface area contributed by atoms with Gasteiger partial charge < -0.3 is 15.0 Å². The summed E-state index contributed by atoms with van der Waals surface area (Å²) in [6.07, 6.45) is 0.756. The summed E-state index contributed by atoms with van der Waals surface area (Å²) in [5.74, 6) is -0.302. The molecule has 1 aromatic carbocycles. The zero-order chi connectivity index (χ0) is 15.8. The Morgan fingerprint density at radius 2 is 1.86 bits per heavy atom. The van der Waals surface area contributed by atoms with Crippen molar-refractivity contribution in [2.75, 3.05) is 31.7 Å². The van der Waals surface area contributed by atoms with E-state index in [1.54, 1.807) is 7.11 Å². The van der Waals surface area contributed by atoms with Crippen LogP contribution in [-0.4, -0.2) is 38.6 Å². The highest BCUT2D eigenvalue weighted by Crippen LogP contribution is 2.24. The molecule has 1 N–H and O–H groups in total. The van der Waals surface area contributed by atoms with Crippen molar-refractivity contribution in [2.45, 2.75) is 27.2 Å². The molecule has 0 saturated heterocycles. The molecule has 2 amide bonds. The molecule has 5 heteroatoms. The minimum Gasteiger partial charge on any atom is -0.385 e. The van der Waals surface area contributed by atoms with Crippen molar-refractivity contribution >= 4 is 17.5 Å². The van der Waals surface area contributed by atoms with Crippen LogP contribution in [0.4, 0.5) is 5.69 Å². The fourth-order valence-electron chi connectivity index (χ4n) is 2.22. The van der Waals surface area contributed by atoms with Gasteiger partial charge in [0.2, 0.25) is 11.8 Å². The van der Waals surface area contributed by atoms with Gasteiger partial charge in [0.15, 0.2) is 0 Å². The summed E-state index contributed by atoms with van der Waals surface area (Å²) in [4.78, 5) is 25.4. The molecule has 0 aliphatic heterocycles. The molecular weight excluding hydrogens is 268 g/mol. The maximum absolute atomic E-state index is 12.0. The summed E-state index contributed by atoms with van der Waals surface area (Å²) < 4.78 is 4.93. The van der Waals surface area contributed by atoms with Gasteiger partial charge in [0.1, 0.15) is 6.54 Å². The Labute approximate surface area is 126 Å². The fourth-order valence-corrected chi connectivity index (χ4v) is 2.22. The maximum atomic E-state index is 12.0. The highest BCUT2D eigenvalue weighted by molar-refractivity contribution is 5.98. The number of carbonyl (C=O) groups excluding carboxylic acids is 2. The van der Waals surface area contributed by atoms with Gasteiger partial charge in [-0.2, -0.15) is 0 Å². The molecular formula is C16H24N2O3. The molecule has 0 radical (unpaired) electrons. The van der Waals surface area contributed by atoms with Gasteiger partial charge in [-0.25, -0.2) is 0 Å². The number of carbonyl (C=O) groups is 2. The van der Waals surface area contributed by atoms with Gasteiger partial charge in [-0.1, -0.05) is 18.2 Å². The molecule has 0 fully saturated rings. The van der Waals surface area contributed by atoms with Crippen LogP contribution in [0.5, 0.6) is 0 Å². The van der Waals surface area contributed by atoms with E-state index in [0.29, 0.717) is 13.2 Å². The Bertz CT molecular complexity index is 480. The van der Waals surface area contributed by atoms with Crippen molar-refractivity contribution in [3.63, 3.8) is 0 Å². The summed E-state index contributed by atoms with van der Waals surface area (Å²) in [6, 6.07) is 5.82. The Morgan fingerprint density at radius 1 is 1.24 bits per heavy atom. The van der Waals surface area contributed by atoms with E-state index in [1.165, 1.54) is 11.8 Å². The van der Waals surface area contributed by atoms with Crippen LogP contribution in [0.2, 0.25) is 0 Å². The van der Waals surface area contributed by atoms with E-state index in [4.69, 9.17) is 4.74 Å². The van der Waals surface area contributed by atoms with E-state index in [2.05, 4.69) is 5.32 Å². The average Bonchev–Trinajstić information content (AvgIpc) is 2.42. The van der Waals surface area contributed by atoms with Gasteiger partial charge in [-0.15, -0.1) is 0 Å². The van der Waals surface area contributed by atoms with Crippen molar-refractivity contribution < 1.29 is 14.3 Å². The molecule has 0 heterocycles. The van der Waals surface area contributed by atoms with Crippen molar-refractivity contribution in [2.24, 2.45) is 0 Å². The lowest BCUT2D eigenvalue weighted by Crippen LogP contribution is -2.40. The van der Waals surface area contributed by atoms with Gasteiger partial charge in [0.05, 0.1) is 5.69 Å². The van der Waals surface area contributed by atoms with Crippen LogP contribution >= 0.6 is 0 Å². The number of rotatable bonds is 7. The van der Waals surface area contributed by atoms with E-state index >= 15 is 0 Å². The van der Waals surface area contributed by atoms with Gasteiger partial charge in [-0.05, 0) is 31.4 Å². The number of hydrogen-bond donors (Lipinski definition) is 1. The minimum absolute atomic E-state index is 0.0357. The zero-order valence-electron chi connectivity index (χ0n) is 13.2. The van der Waals surface area contributed by atoms with Gasteiger partial charge in [-0.3, -0.25) is 9.59 Å². The van der Waals surface area contributed by atoms with E-state index in [1.807, 2.05) is 32.0 Å². The number of nitrogens with one attached hydrogen (secondary N) is 1. The molecule has 5 nitrogen and oxygen atoms in total. The highest BCUT2D eigenvalue weighted by Gasteiger charge is 2.18. The summed E-state index contributed by atoms with van der Waals surface area (Å²) in [6.45, 7) is 6.54. The number of aryl methyl sites for hydroxylation is 2.